The van der Waals surface area contributed by atoms with Gasteiger partial charge < -0.3 is 9.64 Å². The average Bonchev–Trinajstić information content (AvgIpc) is 2.80. The predicted octanol–water partition coefficient (Wildman–Crippen LogP) is 4.10. The molecule has 0 spiro atoms. The van der Waals surface area contributed by atoms with Gasteiger partial charge in [-0.3, -0.25) is 4.79 Å². The van der Waals surface area contributed by atoms with E-state index in [0.717, 1.165) is 5.56 Å². The van der Waals surface area contributed by atoms with E-state index in [1.165, 1.54) is 28.6 Å². The van der Waals surface area contributed by atoms with Gasteiger partial charge in [-0.2, -0.15) is 4.31 Å². The summed E-state index contributed by atoms with van der Waals surface area (Å²) in [6.07, 6.45) is 2.74. The molecule has 2 aromatic rings. The molecule has 2 aromatic carbocycles. The molecule has 0 saturated heterocycles. The fraction of sp³-hybridized carbons (Fsp3) is 0.385. The number of esters is 1. The minimum Gasteiger partial charge on any atom is -0.452 e. The summed E-state index contributed by atoms with van der Waals surface area (Å²) < 4.78 is 31.7. The highest BCUT2D eigenvalue weighted by Crippen LogP contribution is 2.19. The molecule has 0 atom stereocenters. The van der Waals surface area contributed by atoms with Crippen LogP contribution < -0.4 is 0 Å². The van der Waals surface area contributed by atoms with Crippen LogP contribution in [0.15, 0.2) is 65.6 Å². The molecule has 0 saturated carbocycles. The first-order valence-corrected chi connectivity index (χ1v) is 12.7. The Morgan fingerprint density at radius 2 is 1.53 bits per heavy atom. The van der Waals surface area contributed by atoms with Gasteiger partial charge in [0.25, 0.3) is 5.91 Å². The maximum atomic E-state index is 12.8. The van der Waals surface area contributed by atoms with Crippen LogP contribution in [-0.2, 0) is 30.9 Å². The number of carbonyl (C=O) groups is 2. The Bertz CT molecular complexity index is 1080. The molecule has 0 aliphatic rings. The zero-order valence-electron chi connectivity index (χ0n) is 20.5. The Hall–Kier alpha value is -2.97. The lowest BCUT2D eigenvalue weighted by molar-refractivity contribution is -0.151. The van der Waals surface area contributed by atoms with Crippen molar-refractivity contribution in [3.05, 3.63) is 71.8 Å². The van der Waals surface area contributed by atoms with Crippen LogP contribution in [0.2, 0.25) is 0 Å². The van der Waals surface area contributed by atoms with Crippen LogP contribution >= 0.6 is 0 Å². The summed E-state index contributed by atoms with van der Waals surface area (Å²) in [5.74, 6) is -0.939. The van der Waals surface area contributed by atoms with E-state index in [0.29, 0.717) is 25.2 Å². The Morgan fingerprint density at radius 3 is 2.06 bits per heavy atom. The Balaban J connectivity index is 1.98. The van der Waals surface area contributed by atoms with Crippen molar-refractivity contribution in [2.45, 2.75) is 51.6 Å². The van der Waals surface area contributed by atoms with Crippen LogP contribution in [0.1, 0.15) is 45.7 Å². The first-order chi connectivity index (χ1) is 16.0. The molecule has 2 rings (SSSR count). The average molecular weight is 487 g/mol. The highest BCUT2D eigenvalue weighted by atomic mass is 32.2. The molecule has 184 valence electrons. The van der Waals surface area contributed by atoms with E-state index < -0.39 is 21.5 Å². The molecule has 8 heteroatoms. The summed E-state index contributed by atoms with van der Waals surface area (Å²) in [7, 11) is -3.53. The molecular weight excluding hydrogens is 452 g/mol. The number of benzene rings is 2. The van der Waals surface area contributed by atoms with Gasteiger partial charge in [0.2, 0.25) is 10.0 Å². The fourth-order valence-electron chi connectivity index (χ4n) is 3.35. The zero-order chi connectivity index (χ0) is 25.4. The van der Waals surface area contributed by atoms with Gasteiger partial charge in [0.1, 0.15) is 0 Å². The van der Waals surface area contributed by atoms with Crippen molar-refractivity contribution in [1.82, 2.24) is 9.21 Å². The first-order valence-electron chi connectivity index (χ1n) is 11.3. The van der Waals surface area contributed by atoms with E-state index in [2.05, 4.69) is 0 Å². The van der Waals surface area contributed by atoms with Crippen molar-refractivity contribution in [3.8, 4) is 0 Å². The summed E-state index contributed by atoms with van der Waals surface area (Å²) in [4.78, 5) is 26.8. The quantitative estimate of drug-likeness (QED) is 0.373. The minimum absolute atomic E-state index is 0.196. The first kappa shape index (κ1) is 27.3. The van der Waals surface area contributed by atoms with Crippen LogP contribution in [0.4, 0.5) is 0 Å². The van der Waals surface area contributed by atoms with Gasteiger partial charge in [-0.15, -0.1) is 0 Å². The maximum absolute atomic E-state index is 12.8. The van der Waals surface area contributed by atoms with Crippen LogP contribution in [0.5, 0.6) is 0 Å². The van der Waals surface area contributed by atoms with E-state index >= 15 is 0 Å². The zero-order valence-corrected chi connectivity index (χ0v) is 21.3. The van der Waals surface area contributed by atoms with Gasteiger partial charge >= 0.3 is 5.97 Å². The number of carbonyl (C=O) groups excluding carboxylic acids is 2. The highest BCUT2D eigenvalue weighted by molar-refractivity contribution is 7.89. The molecule has 0 aromatic heterocycles. The molecule has 0 heterocycles. The van der Waals surface area contributed by atoms with Crippen molar-refractivity contribution in [2.75, 3.05) is 19.7 Å². The van der Waals surface area contributed by atoms with Gasteiger partial charge in [-0.1, -0.05) is 56.3 Å². The maximum Gasteiger partial charge on any atom is 0.331 e. The molecule has 0 fully saturated rings. The summed E-state index contributed by atoms with van der Waals surface area (Å²) in [6.45, 7) is 10.2. The summed E-state index contributed by atoms with van der Waals surface area (Å²) in [5.41, 5.74) is 1.19. The largest absolute Gasteiger partial charge is 0.452 e. The van der Waals surface area contributed by atoms with E-state index in [9.17, 15) is 18.0 Å². The Labute approximate surface area is 203 Å². The van der Waals surface area contributed by atoms with Crippen molar-refractivity contribution >= 4 is 28.0 Å². The van der Waals surface area contributed by atoms with Crippen LogP contribution in [0.25, 0.3) is 6.08 Å². The van der Waals surface area contributed by atoms with Crippen molar-refractivity contribution in [1.29, 1.82) is 0 Å². The lowest BCUT2D eigenvalue weighted by Gasteiger charge is -2.35. The standard InChI is InChI=1S/C26H34N2O5S/c1-6-27(7-2)34(31,32)23-16-13-21(14-17-23)15-18-25(30)33-20-24(29)28(26(3,4)5)19-22-11-9-8-10-12-22/h8-18H,6-7,19-20H2,1-5H3/b18-15+. The second kappa shape index (κ2) is 11.9. The van der Waals surface area contributed by atoms with E-state index in [-0.39, 0.29) is 17.4 Å². The molecule has 0 N–H and O–H groups in total. The van der Waals surface area contributed by atoms with Crippen LogP contribution in [0.3, 0.4) is 0 Å². The lowest BCUT2D eigenvalue weighted by Crippen LogP contribution is -2.46. The van der Waals surface area contributed by atoms with E-state index in [1.54, 1.807) is 30.9 Å². The molecule has 34 heavy (non-hydrogen) atoms. The fourth-order valence-corrected chi connectivity index (χ4v) is 4.81. The van der Waals surface area contributed by atoms with Gasteiger partial charge in [-0.25, -0.2) is 13.2 Å². The summed E-state index contributed by atoms with van der Waals surface area (Å²) in [6, 6.07) is 15.9. The molecule has 0 aliphatic carbocycles. The third-order valence-electron chi connectivity index (χ3n) is 5.27. The molecule has 0 unspecified atom stereocenters. The molecule has 1 amide bonds. The lowest BCUT2D eigenvalue weighted by atomic mass is 10.0. The van der Waals surface area contributed by atoms with Crippen molar-refractivity contribution < 1.29 is 22.7 Å². The molecule has 0 bridgehead atoms. The van der Waals surface area contributed by atoms with Gasteiger partial charge in [0.15, 0.2) is 6.61 Å². The van der Waals surface area contributed by atoms with Crippen molar-refractivity contribution in [2.24, 2.45) is 0 Å². The second-order valence-electron chi connectivity index (χ2n) is 8.74. The smallest absolute Gasteiger partial charge is 0.331 e. The second-order valence-corrected chi connectivity index (χ2v) is 10.7. The number of hydrogen-bond acceptors (Lipinski definition) is 5. The van der Waals surface area contributed by atoms with Gasteiger partial charge in [0.05, 0.1) is 4.90 Å². The number of rotatable bonds is 10. The number of sulfonamides is 1. The molecule has 0 radical (unpaired) electrons. The third kappa shape index (κ3) is 7.53. The van der Waals surface area contributed by atoms with Crippen LogP contribution in [0, 0.1) is 0 Å². The van der Waals surface area contributed by atoms with Gasteiger partial charge in [-0.05, 0) is 50.1 Å². The highest BCUT2D eigenvalue weighted by Gasteiger charge is 2.27. The number of nitrogens with zero attached hydrogens (tertiary/aromatic N) is 2. The van der Waals surface area contributed by atoms with E-state index in [1.807, 2.05) is 51.1 Å². The van der Waals surface area contributed by atoms with E-state index in [4.69, 9.17) is 4.74 Å². The number of hydrogen-bond donors (Lipinski definition) is 0. The molecule has 7 nitrogen and oxygen atoms in total. The predicted molar refractivity (Wildman–Crippen MR) is 133 cm³/mol. The number of ether oxygens (including phenoxy) is 1. The van der Waals surface area contributed by atoms with Gasteiger partial charge in [0, 0.05) is 31.2 Å². The topological polar surface area (TPSA) is 84.0 Å². The molecule has 0 aliphatic heterocycles. The van der Waals surface area contributed by atoms with Crippen molar-refractivity contribution in [3.63, 3.8) is 0 Å². The Morgan fingerprint density at radius 1 is 0.941 bits per heavy atom. The minimum atomic E-state index is -3.53. The SMILES string of the molecule is CCN(CC)S(=O)(=O)c1ccc(/C=C/C(=O)OCC(=O)N(Cc2ccccc2)C(C)(C)C)cc1. The third-order valence-corrected chi connectivity index (χ3v) is 7.33. The monoisotopic (exact) mass is 486 g/mol. The molecular formula is C26H34N2O5S. The number of amides is 1. The summed E-state index contributed by atoms with van der Waals surface area (Å²) >= 11 is 0. The normalized spacial score (nSPS) is 12.2. The Kier molecular flexibility index (Phi) is 9.58. The summed E-state index contributed by atoms with van der Waals surface area (Å²) in [5, 5.41) is 0. The van der Waals surface area contributed by atoms with Crippen LogP contribution in [-0.4, -0.2) is 54.7 Å².